The van der Waals surface area contributed by atoms with Crippen molar-refractivity contribution in [1.29, 1.82) is 0 Å². The average molecular weight is 401 g/mol. The first-order valence-corrected chi connectivity index (χ1v) is 12.2. The summed E-state index contributed by atoms with van der Waals surface area (Å²) < 4.78 is 0. The minimum atomic E-state index is -0.595. The van der Waals surface area contributed by atoms with Gasteiger partial charge in [-0.25, -0.2) is 0 Å². The SMILES string of the molecule is C=C1/C(=C/C=C2CCC[C@]3(C)[C@@H]([C@H](C)CCCC(C)C)CC[C@@H]23)C[C@@H](O)C[C@@H]1O. The molecule has 29 heavy (non-hydrogen) atoms. The fourth-order valence-electron chi connectivity index (χ4n) is 6.73. The molecule has 2 nitrogen and oxygen atoms in total. The van der Waals surface area contributed by atoms with Crippen molar-refractivity contribution in [3.8, 4) is 0 Å². The normalized spacial score (nSPS) is 39.3. The molecule has 3 aliphatic rings. The standard InChI is InChI=1S/C27H44O2/c1-18(2)8-6-9-19(3)24-13-14-25-21(10-7-15-27(24,25)5)11-12-22-16-23(28)17-26(29)20(22)4/h11-12,18-19,23-26,28-29H,4,6-10,13-17H2,1-3,5H3/b21-11?,22-12+/t19-,23-,24-,25+,26+,27-/m1/s1. The molecule has 3 saturated carbocycles. The third kappa shape index (κ3) is 5.07. The van der Waals surface area contributed by atoms with E-state index >= 15 is 0 Å². The highest BCUT2D eigenvalue weighted by molar-refractivity contribution is 5.38. The van der Waals surface area contributed by atoms with Crippen LogP contribution in [0.2, 0.25) is 0 Å². The van der Waals surface area contributed by atoms with E-state index < -0.39 is 12.2 Å². The second-order valence-electron chi connectivity index (χ2n) is 11.0. The first-order valence-electron chi connectivity index (χ1n) is 12.2. The topological polar surface area (TPSA) is 40.5 Å². The Morgan fingerprint density at radius 1 is 1.14 bits per heavy atom. The molecule has 2 heteroatoms. The van der Waals surface area contributed by atoms with Gasteiger partial charge in [0.25, 0.3) is 0 Å². The summed E-state index contributed by atoms with van der Waals surface area (Å²) in [6.07, 6.45) is 15.2. The second kappa shape index (κ2) is 9.52. The van der Waals surface area contributed by atoms with Gasteiger partial charge in [0.15, 0.2) is 0 Å². The lowest BCUT2D eigenvalue weighted by atomic mass is 9.60. The van der Waals surface area contributed by atoms with Crippen LogP contribution in [0.15, 0.2) is 35.5 Å². The molecule has 6 atom stereocenters. The number of allylic oxidation sites excluding steroid dienone is 3. The van der Waals surface area contributed by atoms with Crippen molar-refractivity contribution < 1.29 is 10.2 Å². The Labute approximate surface area is 179 Å². The summed E-state index contributed by atoms with van der Waals surface area (Å²) in [5, 5.41) is 20.2. The lowest BCUT2D eigenvalue weighted by molar-refractivity contribution is 0.0861. The monoisotopic (exact) mass is 400 g/mol. The van der Waals surface area contributed by atoms with Crippen LogP contribution in [0.1, 0.15) is 91.9 Å². The molecule has 3 fully saturated rings. The predicted molar refractivity (Wildman–Crippen MR) is 123 cm³/mol. The first kappa shape index (κ1) is 22.8. The van der Waals surface area contributed by atoms with E-state index in [1.165, 1.54) is 51.4 Å². The van der Waals surface area contributed by atoms with Crippen molar-refractivity contribution in [1.82, 2.24) is 0 Å². The van der Waals surface area contributed by atoms with E-state index in [-0.39, 0.29) is 0 Å². The van der Waals surface area contributed by atoms with Gasteiger partial charge in [0.2, 0.25) is 0 Å². The van der Waals surface area contributed by atoms with Crippen LogP contribution in [0.3, 0.4) is 0 Å². The van der Waals surface area contributed by atoms with Gasteiger partial charge in [0, 0.05) is 6.42 Å². The molecule has 0 heterocycles. The maximum absolute atomic E-state index is 10.1. The molecule has 0 unspecified atom stereocenters. The number of aliphatic hydroxyl groups excluding tert-OH is 2. The summed E-state index contributed by atoms with van der Waals surface area (Å²) in [5.41, 5.74) is 3.88. The van der Waals surface area contributed by atoms with Crippen molar-refractivity contribution in [3.05, 3.63) is 35.5 Å². The van der Waals surface area contributed by atoms with Crippen LogP contribution in [0.4, 0.5) is 0 Å². The third-order valence-corrected chi connectivity index (χ3v) is 8.43. The molecule has 0 radical (unpaired) electrons. The largest absolute Gasteiger partial charge is 0.393 e. The molecular weight excluding hydrogens is 356 g/mol. The van der Waals surface area contributed by atoms with Crippen LogP contribution in [-0.4, -0.2) is 22.4 Å². The van der Waals surface area contributed by atoms with E-state index in [0.717, 1.165) is 28.9 Å². The summed E-state index contributed by atoms with van der Waals surface area (Å²) >= 11 is 0. The van der Waals surface area contributed by atoms with Crippen molar-refractivity contribution in [2.45, 2.75) is 104 Å². The number of aliphatic hydroxyl groups is 2. The zero-order chi connectivity index (χ0) is 21.2. The summed E-state index contributed by atoms with van der Waals surface area (Å²) in [5.74, 6) is 3.20. The summed E-state index contributed by atoms with van der Waals surface area (Å²) in [6, 6.07) is 0. The molecule has 0 aromatic rings. The van der Waals surface area contributed by atoms with Gasteiger partial charge >= 0.3 is 0 Å². The van der Waals surface area contributed by atoms with Crippen LogP contribution in [0.5, 0.6) is 0 Å². The summed E-state index contributed by atoms with van der Waals surface area (Å²) in [6.45, 7) is 13.8. The van der Waals surface area contributed by atoms with Crippen molar-refractivity contribution >= 4 is 0 Å². The van der Waals surface area contributed by atoms with Crippen molar-refractivity contribution in [2.24, 2.45) is 29.1 Å². The number of hydrogen-bond donors (Lipinski definition) is 2. The molecular formula is C27H44O2. The van der Waals surface area contributed by atoms with E-state index in [1.807, 2.05) is 0 Å². The number of rotatable bonds is 6. The van der Waals surface area contributed by atoms with Crippen LogP contribution >= 0.6 is 0 Å². The lowest BCUT2D eigenvalue weighted by Gasteiger charge is -2.44. The Morgan fingerprint density at radius 2 is 1.90 bits per heavy atom. The Balaban J connectivity index is 1.71. The zero-order valence-electron chi connectivity index (χ0n) is 19.3. The van der Waals surface area contributed by atoms with E-state index in [0.29, 0.717) is 24.2 Å². The fraction of sp³-hybridized carbons (Fsp3) is 0.778. The molecule has 0 aliphatic heterocycles. The Kier molecular flexibility index (Phi) is 7.49. The predicted octanol–water partition coefficient (Wildman–Crippen LogP) is 6.59. The van der Waals surface area contributed by atoms with Gasteiger partial charge in [-0.1, -0.05) is 71.3 Å². The number of hydrogen-bond acceptors (Lipinski definition) is 2. The Bertz CT molecular complexity index is 643. The van der Waals surface area contributed by atoms with Crippen LogP contribution < -0.4 is 0 Å². The Hall–Kier alpha value is -0.860. The second-order valence-corrected chi connectivity index (χ2v) is 11.0. The highest BCUT2D eigenvalue weighted by Crippen LogP contribution is 2.59. The van der Waals surface area contributed by atoms with Gasteiger partial charge in [0.1, 0.15) is 0 Å². The molecule has 0 amide bonds. The minimum Gasteiger partial charge on any atom is -0.393 e. The molecule has 0 saturated heterocycles. The van der Waals surface area contributed by atoms with E-state index in [1.54, 1.807) is 5.57 Å². The summed E-state index contributed by atoms with van der Waals surface area (Å²) in [4.78, 5) is 0. The minimum absolute atomic E-state index is 0.420. The van der Waals surface area contributed by atoms with Gasteiger partial charge in [-0.05, 0) is 78.8 Å². The van der Waals surface area contributed by atoms with Gasteiger partial charge in [-0.3, -0.25) is 0 Å². The van der Waals surface area contributed by atoms with E-state index in [4.69, 9.17) is 0 Å². The highest BCUT2D eigenvalue weighted by atomic mass is 16.3. The van der Waals surface area contributed by atoms with E-state index in [9.17, 15) is 10.2 Å². The van der Waals surface area contributed by atoms with Gasteiger partial charge in [-0.15, -0.1) is 0 Å². The van der Waals surface area contributed by atoms with Crippen molar-refractivity contribution in [2.75, 3.05) is 0 Å². The zero-order valence-corrected chi connectivity index (χ0v) is 19.3. The molecule has 0 spiro atoms. The maximum atomic E-state index is 10.1. The van der Waals surface area contributed by atoms with Crippen LogP contribution in [0.25, 0.3) is 0 Å². The molecule has 3 aliphatic carbocycles. The molecule has 3 rings (SSSR count). The average Bonchev–Trinajstić information content (AvgIpc) is 3.00. The van der Waals surface area contributed by atoms with E-state index in [2.05, 4.69) is 46.4 Å². The van der Waals surface area contributed by atoms with Gasteiger partial charge < -0.3 is 10.2 Å². The maximum Gasteiger partial charge on any atom is 0.0811 e. The Morgan fingerprint density at radius 3 is 2.62 bits per heavy atom. The van der Waals surface area contributed by atoms with Crippen molar-refractivity contribution in [3.63, 3.8) is 0 Å². The third-order valence-electron chi connectivity index (χ3n) is 8.43. The lowest BCUT2D eigenvalue weighted by Crippen LogP contribution is -2.36. The highest BCUT2D eigenvalue weighted by Gasteiger charge is 2.50. The fourth-order valence-corrected chi connectivity index (χ4v) is 6.73. The summed E-state index contributed by atoms with van der Waals surface area (Å²) in [7, 11) is 0. The molecule has 0 bridgehead atoms. The molecule has 0 aromatic heterocycles. The van der Waals surface area contributed by atoms with Crippen LogP contribution in [0, 0.1) is 29.1 Å². The quantitative estimate of drug-likeness (QED) is 0.528. The van der Waals surface area contributed by atoms with Gasteiger partial charge in [-0.2, -0.15) is 0 Å². The molecule has 0 aromatic carbocycles. The first-order chi connectivity index (χ1) is 13.7. The number of fused-ring (bicyclic) bond motifs is 1. The van der Waals surface area contributed by atoms with Crippen LogP contribution in [-0.2, 0) is 0 Å². The molecule has 164 valence electrons. The van der Waals surface area contributed by atoms with Gasteiger partial charge in [0.05, 0.1) is 12.2 Å². The molecule has 2 N–H and O–H groups in total. The smallest absolute Gasteiger partial charge is 0.0811 e.